The van der Waals surface area contributed by atoms with Gasteiger partial charge in [0.15, 0.2) is 11.5 Å². The van der Waals surface area contributed by atoms with Crippen LogP contribution in [0.1, 0.15) is 49.9 Å². The molecule has 1 aromatic rings. The summed E-state index contributed by atoms with van der Waals surface area (Å²) < 4.78 is 11.3. The first kappa shape index (κ1) is 18.3. The molecule has 1 N–H and O–H groups in total. The lowest BCUT2D eigenvalue weighted by Gasteiger charge is -2.41. The van der Waals surface area contributed by atoms with Crippen molar-refractivity contribution < 1.29 is 14.3 Å². The predicted octanol–water partition coefficient (Wildman–Crippen LogP) is 3.50. The lowest BCUT2D eigenvalue weighted by Crippen LogP contribution is -2.53. The Kier molecular flexibility index (Phi) is 5.74. The fraction of sp³-hybridized carbons (Fsp3) is 0.632. The van der Waals surface area contributed by atoms with Crippen LogP contribution in [0.15, 0.2) is 12.1 Å². The molecule has 0 spiro atoms. The summed E-state index contributed by atoms with van der Waals surface area (Å²) in [7, 11) is 0. The van der Waals surface area contributed by atoms with Crippen LogP contribution in [0.5, 0.6) is 11.5 Å². The molecule has 1 saturated heterocycles. The molecular weight excluding hydrogens is 340 g/mol. The van der Waals surface area contributed by atoms with Gasteiger partial charge in [-0.3, -0.25) is 9.69 Å². The maximum Gasteiger partial charge on any atom is 0.251 e. The van der Waals surface area contributed by atoms with E-state index in [1.165, 1.54) is 19.3 Å². The Morgan fingerprint density at radius 3 is 2.64 bits per heavy atom. The Balaban J connectivity index is 1.67. The Bertz CT molecular complexity index is 627. The SMILES string of the molecule is CC(C)(CNC(=O)c1cc(Cl)c2c(c1)OCCCO2)N1CCCCC1. The number of carbonyl (C=O) groups excluding carboxylic acids is 1. The maximum absolute atomic E-state index is 12.6. The van der Waals surface area contributed by atoms with Crippen molar-refractivity contribution in [2.24, 2.45) is 0 Å². The molecule has 0 saturated carbocycles. The molecule has 1 fully saturated rings. The van der Waals surface area contributed by atoms with Gasteiger partial charge in [0.1, 0.15) is 0 Å². The summed E-state index contributed by atoms with van der Waals surface area (Å²) in [5, 5.41) is 3.47. The van der Waals surface area contributed by atoms with E-state index in [-0.39, 0.29) is 11.4 Å². The number of amides is 1. The molecule has 138 valence electrons. The van der Waals surface area contributed by atoms with Gasteiger partial charge >= 0.3 is 0 Å². The third kappa shape index (κ3) is 4.39. The Hall–Kier alpha value is -1.46. The topological polar surface area (TPSA) is 50.8 Å². The van der Waals surface area contributed by atoms with Crippen LogP contribution in [-0.4, -0.2) is 49.2 Å². The number of likely N-dealkylation sites (tertiary alicyclic amines) is 1. The van der Waals surface area contributed by atoms with Crippen molar-refractivity contribution in [2.45, 2.75) is 45.1 Å². The summed E-state index contributed by atoms with van der Waals surface area (Å²) in [6.07, 6.45) is 4.56. The van der Waals surface area contributed by atoms with Crippen LogP contribution in [0.4, 0.5) is 0 Å². The highest BCUT2D eigenvalue weighted by Gasteiger charge is 2.28. The summed E-state index contributed by atoms with van der Waals surface area (Å²) in [4.78, 5) is 15.1. The van der Waals surface area contributed by atoms with Gasteiger partial charge in [0.25, 0.3) is 5.91 Å². The minimum atomic E-state index is -0.136. The molecule has 0 radical (unpaired) electrons. The van der Waals surface area contributed by atoms with Gasteiger partial charge in [0.2, 0.25) is 0 Å². The Morgan fingerprint density at radius 2 is 1.88 bits per heavy atom. The second-order valence-corrected chi connectivity index (χ2v) is 7.79. The normalized spacial score (nSPS) is 18.5. The van der Waals surface area contributed by atoms with E-state index in [4.69, 9.17) is 21.1 Å². The number of hydrogen-bond acceptors (Lipinski definition) is 4. The summed E-state index contributed by atoms with van der Waals surface area (Å²) in [5.41, 5.74) is 0.439. The molecule has 1 aromatic carbocycles. The highest BCUT2D eigenvalue weighted by atomic mass is 35.5. The number of nitrogens with one attached hydrogen (secondary N) is 1. The molecular formula is C19H27ClN2O3. The Labute approximate surface area is 154 Å². The molecule has 2 heterocycles. The van der Waals surface area contributed by atoms with Gasteiger partial charge in [-0.2, -0.15) is 0 Å². The van der Waals surface area contributed by atoms with E-state index < -0.39 is 0 Å². The van der Waals surface area contributed by atoms with Crippen LogP contribution < -0.4 is 14.8 Å². The summed E-state index contributed by atoms with van der Waals surface area (Å²) in [5.74, 6) is 0.942. The van der Waals surface area contributed by atoms with Crippen LogP contribution in [0.25, 0.3) is 0 Å². The van der Waals surface area contributed by atoms with E-state index in [1.54, 1.807) is 12.1 Å². The fourth-order valence-corrected chi connectivity index (χ4v) is 3.64. The van der Waals surface area contributed by atoms with Crippen LogP contribution in [0.2, 0.25) is 5.02 Å². The zero-order valence-electron chi connectivity index (χ0n) is 15.1. The molecule has 0 bridgehead atoms. The van der Waals surface area contributed by atoms with Gasteiger partial charge in [0.05, 0.1) is 18.2 Å². The number of hydrogen-bond donors (Lipinski definition) is 1. The van der Waals surface area contributed by atoms with Gasteiger partial charge in [-0.25, -0.2) is 0 Å². The largest absolute Gasteiger partial charge is 0.489 e. The monoisotopic (exact) mass is 366 g/mol. The van der Waals surface area contributed by atoms with Crippen molar-refractivity contribution in [1.29, 1.82) is 0 Å². The molecule has 5 nitrogen and oxygen atoms in total. The first-order valence-electron chi connectivity index (χ1n) is 9.10. The minimum Gasteiger partial charge on any atom is -0.489 e. The van der Waals surface area contributed by atoms with Crippen LogP contribution in [0.3, 0.4) is 0 Å². The zero-order valence-corrected chi connectivity index (χ0v) is 15.8. The van der Waals surface area contributed by atoms with E-state index in [0.29, 0.717) is 41.8 Å². The summed E-state index contributed by atoms with van der Waals surface area (Å²) in [6, 6.07) is 3.37. The highest BCUT2D eigenvalue weighted by Crippen LogP contribution is 2.38. The number of nitrogens with zero attached hydrogens (tertiary/aromatic N) is 1. The lowest BCUT2D eigenvalue weighted by atomic mass is 9.98. The van der Waals surface area contributed by atoms with Gasteiger partial charge < -0.3 is 14.8 Å². The van der Waals surface area contributed by atoms with Crippen molar-refractivity contribution >= 4 is 17.5 Å². The number of fused-ring (bicyclic) bond motifs is 1. The molecule has 0 aliphatic carbocycles. The quantitative estimate of drug-likeness (QED) is 0.886. The lowest BCUT2D eigenvalue weighted by molar-refractivity contribution is 0.0797. The molecule has 0 unspecified atom stereocenters. The maximum atomic E-state index is 12.6. The molecule has 1 amide bonds. The highest BCUT2D eigenvalue weighted by molar-refractivity contribution is 6.32. The fourth-order valence-electron chi connectivity index (χ4n) is 3.37. The standard InChI is InChI=1S/C19H27ClN2O3/c1-19(2,22-7-4-3-5-8-22)13-21-18(23)14-11-15(20)17-16(12-14)24-9-6-10-25-17/h11-12H,3-10,13H2,1-2H3,(H,21,23). The van der Waals surface area contributed by atoms with Gasteiger partial charge in [-0.05, 0) is 51.9 Å². The van der Waals surface area contributed by atoms with E-state index >= 15 is 0 Å². The second-order valence-electron chi connectivity index (χ2n) is 7.38. The minimum absolute atomic E-state index is 0.0643. The number of ether oxygens (including phenoxy) is 2. The molecule has 3 rings (SSSR count). The van der Waals surface area contributed by atoms with Gasteiger partial charge in [-0.1, -0.05) is 18.0 Å². The molecule has 25 heavy (non-hydrogen) atoms. The smallest absolute Gasteiger partial charge is 0.251 e. The summed E-state index contributed by atoms with van der Waals surface area (Å²) in [6.45, 7) is 8.28. The van der Waals surface area contributed by atoms with Crippen molar-refractivity contribution in [1.82, 2.24) is 10.2 Å². The van der Waals surface area contributed by atoms with E-state index in [9.17, 15) is 4.79 Å². The first-order chi connectivity index (χ1) is 12.0. The average Bonchev–Trinajstić information content (AvgIpc) is 2.86. The molecule has 0 atom stereocenters. The number of rotatable bonds is 4. The number of piperidine rings is 1. The third-order valence-corrected chi connectivity index (χ3v) is 5.24. The van der Waals surface area contributed by atoms with Gasteiger partial charge in [-0.15, -0.1) is 0 Å². The third-order valence-electron chi connectivity index (χ3n) is 4.96. The average molecular weight is 367 g/mol. The number of carbonyl (C=O) groups is 1. The number of benzene rings is 1. The van der Waals surface area contributed by atoms with Crippen molar-refractivity contribution in [3.63, 3.8) is 0 Å². The second kappa shape index (κ2) is 7.83. The van der Waals surface area contributed by atoms with Crippen LogP contribution >= 0.6 is 11.6 Å². The first-order valence-corrected chi connectivity index (χ1v) is 9.47. The summed E-state index contributed by atoms with van der Waals surface area (Å²) >= 11 is 6.28. The number of halogens is 1. The van der Waals surface area contributed by atoms with Crippen LogP contribution in [0, 0.1) is 0 Å². The van der Waals surface area contributed by atoms with Crippen molar-refractivity contribution in [2.75, 3.05) is 32.8 Å². The molecule has 2 aliphatic heterocycles. The van der Waals surface area contributed by atoms with E-state index in [2.05, 4.69) is 24.1 Å². The zero-order chi connectivity index (χ0) is 17.9. The van der Waals surface area contributed by atoms with Gasteiger partial charge in [0, 0.05) is 24.1 Å². The van der Waals surface area contributed by atoms with Crippen molar-refractivity contribution in [3.8, 4) is 11.5 Å². The van der Waals surface area contributed by atoms with Crippen molar-refractivity contribution in [3.05, 3.63) is 22.7 Å². The van der Waals surface area contributed by atoms with E-state index in [1.807, 2.05) is 0 Å². The molecule has 0 aromatic heterocycles. The van der Waals surface area contributed by atoms with E-state index in [0.717, 1.165) is 19.5 Å². The molecule has 2 aliphatic rings. The predicted molar refractivity (Wildman–Crippen MR) is 98.9 cm³/mol. The van der Waals surface area contributed by atoms with Crippen LogP contribution in [-0.2, 0) is 0 Å². The Morgan fingerprint density at radius 1 is 1.16 bits per heavy atom. The molecule has 6 heteroatoms.